The van der Waals surface area contributed by atoms with E-state index < -0.39 is 0 Å². The predicted molar refractivity (Wildman–Crippen MR) is 98.9 cm³/mol. The number of nitrogens with two attached hydrogens (primary N) is 1. The Bertz CT molecular complexity index is 664. The first-order valence-electron chi connectivity index (χ1n) is 8.89. The van der Waals surface area contributed by atoms with E-state index in [0.717, 1.165) is 38.4 Å². The molecule has 0 saturated carbocycles. The van der Waals surface area contributed by atoms with Crippen molar-refractivity contribution in [1.82, 2.24) is 4.90 Å². The summed E-state index contributed by atoms with van der Waals surface area (Å²) in [5.41, 5.74) is 11.1. The van der Waals surface area contributed by atoms with Gasteiger partial charge in [0.05, 0.1) is 6.61 Å². The lowest BCUT2D eigenvalue weighted by Crippen LogP contribution is -2.30. The SMILES string of the molecule is CC(C)COc1ccc2c(c1)CCN(Cc1ccc(CN)cc1)C2. The van der Waals surface area contributed by atoms with Crippen molar-refractivity contribution in [3.63, 3.8) is 0 Å². The van der Waals surface area contributed by atoms with E-state index in [0.29, 0.717) is 12.5 Å². The van der Waals surface area contributed by atoms with Crippen LogP contribution in [-0.4, -0.2) is 18.1 Å². The van der Waals surface area contributed by atoms with Crippen LogP contribution in [0.4, 0.5) is 0 Å². The number of ether oxygens (including phenoxy) is 1. The van der Waals surface area contributed by atoms with Gasteiger partial charge in [0.1, 0.15) is 5.75 Å². The minimum Gasteiger partial charge on any atom is -0.493 e. The maximum absolute atomic E-state index is 5.85. The molecule has 3 rings (SSSR count). The van der Waals surface area contributed by atoms with E-state index in [1.807, 2.05) is 0 Å². The molecule has 24 heavy (non-hydrogen) atoms. The first-order chi connectivity index (χ1) is 11.6. The fraction of sp³-hybridized carbons (Fsp3) is 0.429. The second kappa shape index (κ2) is 7.82. The minimum absolute atomic E-state index is 0.558. The van der Waals surface area contributed by atoms with E-state index in [4.69, 9.17) is 10.5 Å². The van der Waals surface area contributed by atoms with E-state index in [-0.39, 0.29) is 0 Å². The fourth-order valence-electron chi connectivity index (χ4n) is 3.11. The van der Waals surface area contributed by atoms with Crippen molar-refractivity contribution in [3.8, 4) is 5.75 Å². The van der Waals surface area contributed by atoms with Gasteiger partial charge in [0.15, 0.2) is 0 Å². The lowest BCUT2D eigenvalue weighted by atomic mass is 9.99. The van der Waals surface area contributed by atoms with Crippen LogP contribution in [0.1, 0.15) is 36.1 Å². The molecule has 0 aromatic heterocycles. The Morgan fingerprint density at radius 2 is 1.79 bits per heavy atom. The number of fused-ring (bicyclic) bond motifs is 1. The number of rotatable bonds is 6. The van der Waals surface area contributed by atoms with Gasteiger partial charge in [-0.2, -0.15) is 0 Å². The Labute approximate surface area is 145 Å². The Morgan fingerprint density at radius 1 is 1.04 bits per heavy atom. The standard InChI is InChI=1S/C21H28N2O/c1-16(2)15-24-21-8-7-20-14-23(10-9-19(20)11-21)13-18-5-3-17(12-22)4-6-18/h3-8,11,16H,9-10,12-15,22H2,1-2H3. The van der Waals surface area contributed by atoms with E-state index in [9.17, 15) is 0 Å². The van der Waals surface area contributed by atoms with Gasteiger partial charge in [0, 0.05) is 26.2 Å². The molecule has 0 atom stereocenters. The molecule has 3 heteroatoms. The fourth-order valence-corrected chi connectivity index (χ4v) is 3.11. The third-order valence-corrected chi connectivity index (χ3v) is 4.52. The molecule has 128 valence electrons. The van der Waals surface area contributed by atoms with Crippen molar-refractivity contribution < 1.29 is 4.74 Å². The van der Waals surface area contributed by atoms with Crippen LogP contribution >= 0.6 is 0 Å². The van der Waals surface area contributed by atoms with Gasteiger partial charge in [-0.25, -0.2) is 0 Å². The van der Waals surface area contributed by atoms with Crippen LogP contribution in [0.2, 0.25) is 0 Å². The molecule has 1 aliphatic heterocycles. The zero-order valence-corrected chi connectivity index (χ0v) is 14.8. The average molecular weight is 324 g/mol. The highest BCUT2D eigenvalue weighted by molar-refractivity contribution is 5.37. The molecule has 0 saturated heterocycles. The molecule has 2 aromatic carbocycles. The van der Waals surface area contributed by atoms with Crippen LogP contribution in [0, 0.1) is 5.92 Å². The van der Waals surface area contributed by atoms with Crippen LogP contribution < -0.4 is 10.5 Å². The molecule has 0 fully saturated rings. The highest BCUT2D eigenvalue weighted by atomic mass is 16.5. The maximum atomic E-state index is 5.85. The van der Waals surface area contributed by atoms with Gasteiger partial charge in [0.2, 0.25) is 0 Å². The van der Waals surface area contributed by atoms with Gasteiger partial charge in [-0.3, -0.25) is 4.90 Å². The summed E-state index contributed by atoms with van der Waals surface area (Å²) in [6.45, 7) is 8.85. The molecule has 2 N–H and O–H groups in total. The van der Waals surface area contributed by atoms with E-state index in [1.165, 1.54) is 22.3 Å². The molecule has 0 bridgehead atoms. The lowest BCUT2D eigenvalue weighted by Gasteiger charge is -2.29. The Balaban J connectivity index is 1.61. The highest BCUT2D eigenvalue weighted by Crippen LogP contribution is 2.25. The van der Waals surface area contributed by atoms with Gasteiger partial charge in [-0.15, -0.1) is 0 Å². The van der Waals surface area contributed by atoms with Crippen molar-refractivity contribution in [2.75, 3.05) is 13.2 Å². The summed E-state index contributed by atoms with van der Waals surface area (Å²) >= 11 is 0. The van der Waals surface area contributed by atoms with Crippen molar-refractivity contribution in [2.45, 2.75) is 39.9 Å². The van der Waals surface area contributed by atoms with Gasteiger partial charge in [-0.05, 0) is 46.7 Å². The molecule has 1 aliphatic rings. The number of nitrogens with zero attached hydrogens (tertiary/aromatic N) is 1. The first-order valence-corrected chi connectivity index (χ1v) is 8.89. The largest absolute Gasteiger partial charge is 0.493 e. The van der Waals surface area contributed by atoms with Crippen LogP contribution in [0.3, 0.4) is 0 Å². The molecule has 0 amide bonds. The molecular formula is C21H28N2O. The number of hydrogen-bond donors (Lipinski definition) is 1. The first kappa shape index (κ1) is 17.0. The van der Waals surface area contributed by atoms with Crippen molar-refractivity contribution in [1.29, 1.82) is 0 Å². The Kier molecular flexibility index (Phi) is 5.54. The summed E-state index contributed by atoms with van der Waals surface area (Å²) in [6.07, 6.45) is 1.09. The molecule has 3 nitrogen and oxygen atoms in total. The summed E-state index contributed by atoms with van der Waals surface area (Å²) in [4.78, 5) is 2.51. The molecule has 0 radical (unpaired) electrons. The van der Waals surface area contributed by atoms with Gasteiger partial charge < -0.3 is 10.5 Å². The number of hydrogen-bond acceptors (Lipinski definition) is 3. The van der Waals surface area contributed by atoms with Gasteiger partial charge >= 0.3 is 0 Å². The third-order valence-electron chi connectivity index (χ3n) is 4.52. The summed E-state index contributed by atoms with van der Waals surface area (Å²) < 4.78 is 5.85. The second-order valence-electron chi connectivity index (χ2n) is 7.12. The molecule has 0 aliphatic carbocycles. The minimum atomic E-state index is 0.558. The van der Waals surface area contributed by atoms with Crippen LogP contribution in [-0.2, 0) is 26.1 Å². The molecule has 0 spiro atoms. The molecule has 1 heterocycles. The van der Waals surface area contributed by atoms with Crippen LogP contribution in [0.25, 0.3) is 0 Å². The van der Waals surface area contributed by atoms with E-state index in [2.05, 4.69) is 61.2 Å². The topological polar surface area (TPSA) is 38.5 Å². The molecular weight excluding hydrogens is 296 g/mol. The van der Waals surface area contributed by atoms with Crippen molar-refractivity contribution in [2.24, 2.45) is 11.7 Å². The third kappa shape index (κ3) is 4.37. The van der Waals surface area contributed by atoms with Crippen LogP contribution in [0.15, 0.2) is 42.5 Å². The summed E-state index contributed by atoms with van der Waals surface area (Å²) in [6, 6.07) is 15.2. The normalized spacial score (nSPS) is 14.7. The van der Waals surface area contributed by atoms with Crippen molar-refractivity contribution in [3.05, 3.63) is 64.7 Å². The van der Waals surface area contributed by atoms with Gasteiger partial charge in [-0.1, -0.05) is 44.2 Å². The summed E-state index contributed by atoms with van der Waals surface area (Å²) in [5.74, 6) is 1.57. The average Bonchev–Trinajstić information content (AvgIpc) is 2.60. The number of benzene rings is 2. The maximum Gasteiger partial charge on any atom is 0.119 e. The predicted octanol–water partition coefficient (Wildman–Crippen LogP) is 3.74. The van der Waals surface area contributed by atoms with Crippen molar-refractivity contribution >= 4 is 0 Å². The molecule has 0 unspecified atom stereocenters. The highest BCUT2D eigenvalue weighted by Gasteiger charge is 2.17. The van der Waals surface area contributed by atoms with Gasteiger partial charge in [0.25, 0.3) is 0 Å². The van der Waals surface area contributed by atoms with Crippen LogP contribution in [0.5, 0.6) is 5.75 Å². The smallest absolute Gasteiger partial charge is 0.119 e. The Morgan fingerprint density at radius 3 is 2.50 bits per heavy atom. The second-order valence-corrected chi connectivity index (χ2v) is 7.12. The van der Waals surface area contributed by atoms with E-state index in [1.54, 1.807) is 0 Å². The quantitative estimate of drug-likeness (QED) is 0.880. The molecule has 2 aromatic rings. The zero-order chi connectivity index (χ0) is 16.9. The Hall–Kier alpha value is -1.84. The lowest BCUT2D eigenvalue weighted by molar-refractivity contribution is 0.243. The zero-order valence-electron chi connectivity index (χ0n) is 14.8. The summed E-state index contributed by atoms with van der Waals surface area (Å²) in [5, 5.41) is 0. The summed E-state index contributed by atoms with van der Waals surface area (Å²) in [7, 11) is 0. The monoisotopic (exact) mass is 324 g/mol. The van der Waals surface area contributed by atoms with E-state index >= 15 is 0 Å².